The number of nitrogens with two attached hydrogens (primary N) is 1. The van der Waals surface area contributed by atoms with Crippen LogP contribution in [0.1, 0.15) is 39.0 Å². The normalized spacial score (nSPS) is 18.3. The van der Waals surface area contributed by atoms with E-state index < -0.39 is 0 Å². The van der Waals surface area contributed by atoms with E-state index >= 15 is 0 Å². The van der Waals surface area contributed by atoms with Gasteiger partial charge in [-0.25, -0.2) is 0 Å². The Morgan fingerprint density at radius 1 is 1.44 bits per heavy atom. The number of rotatable bonds is 7. The van der Waals surface area contributed by atoms with Gasteiger partial charge in [0.1, 0.15) is 0 Å². The number of ether oxygens (including phenoxy) is 1. The van der Waals surface area contributed by atoms with E-state index in [1.807, 2.05) is 6.92 Å². The Morgan fingerprint density at radius 2 is 2.11 bits per heavy atom. The summed E-state index contributed by atoms with van der Waals surface area (Å²) >= 11 is 5.26. The molecule has 0 saturated carbocycles. The third-order valence-corrected chi connectivity index (χ3v) is 3.61. The standard InChI is InChI=1S/C13H24N2O2S/c1-10(8-12(14)16)9-13(18)15-5-2-11-3-6-17-7-4-11/h10-11H,2-9H2,1H3,(H2,14,16)(H,15,18)/t10-/m1/s1. The van der Waals surface area contributed by atoms with Gasteiger partial charge < -0.3 is 15.8 Å². The predicted octanol–water partition coefficient (Wildman–Crippen LogP) is 1.62. The third-order valence-electron chi connectivity index (χ3n) is 3.30. The number of amides is 1. The van der Waals surface area contributed by atoms with Crippen molar-refractivity contribution < 1.29 is 9.53 Å². The van der Waals surface area contributed by atoms with Crippen molar-refractivity contribution in [3.8, 4) is 0 Å². The van der Waals surface area contributed by atoms with E-state index in [-0.39, 0.29) is 11.8 Å². The molecular formula is C13H24N2O2S. The minimum absolute atomic E-state index is 0.227. The van der Waals surface area contributed by atoms with Gasteiger partial charge in [-0.3, -0.25) is 4.79 Å². The van der Waals surface area contributed by atoms with Crippen LogP contribution >= 0.6 is 12.2 Å². The van der Waals surface area contributed by atoms with Crippen molar-refractivity contribution in [2.45, 2.75) is 39.0 Å². The molecule has 5 heteroatoms. The van der Waals surface area contributed by atoms with Crippen LogP contribution < -0.4 is 11.1 Å². The van der Waals surface area contributed by atoms with Crippen molar-refractivity contribution in [2.75, 3.05) is 19.8 Å². The lowest BCUT2D eigenvalue weighted by Gasteiger charge is -2.22. The highest BCUT2D eigenvalue weighted by Gasteiger charge is 2.14. The summed E-state index contributed by atoms with van der Waals surface area (Å²) in [5.41, 5.74) is 5.15. The molecule has 18 heavy (non-hydrogen) atoms. The van der Waals surface area contributed by atoms with Crippen molar-refractivity contribution in [3.05, 3.63) is 0 Å². The average Bonchev–Trinajstić information content (AvgIpc) is 2.29. The lowest BCUT2D eigenvalue weighted by atomic mass is 9.96. The van der Waals surface area contributed by atoms with Crippen molar-refractivity contribution in [2.24, 2.45) is 17.6 Å². The predicted molar refractivity (Wildman–Crippen MR) is 76.4 cm³/mol. The smallest absolute Gasteiger partial charge is 0.217 e. The summed E-state index contributed by atoms with van der Waals surface area (Å²) in [6.45, 7) is 4.71. The van der Waals surface area contributed by atoms with E-state index in [2.05, 4.69) is 5.32 Å². The zero-order chi connectivity index (χ0) is 13.4. The third kappa shape index (κ3) is 6.91. The van der Waals surface area contributed by atoms with Gasteiger partial charge in [0, 0.05) is 32.6 Å². The van der Waals surface area contributed by atoms with E-state index in [1.54, 1.807) is 0 Å². The van der Waals surface area contributed by atoms with Gasteiger partial charge in [0.15, 0.2) is 0 Å². The maximum absolute atomic E-state index is 10.8. The molecule has 0 spiro atoms. The molecule has 3 N–H and O–H groups in total. The fraction of sp³-hybridized carbons (Fsp3) is 0.846. The second-order valence-corrected chi connectivity index (χ2v) is 5.67. The molecule has 1 aliphatic heterocycles. The zero-order valence-corrected chi connectivity index (χ0v) is 11.9. The molecule has 1 saturated heterocycles. The van der Waals surface area contributed by atoms with E-state index in [0.29, 0.717) is 6.42 Å². The number of primary amides is 1. The van der Waals surface area contributed by atoms with Gasteiger partial charge in [-0.05, 0) is 31.1 Å². The Bertz CT molecular complexity index is 278. The Hall–Kier alpha value is -0.680. The summed E-state index contributed by atoms with van der Waals surface area (Å²) in [4.78, 5) is 11.6. The summed E-state index contributed by atoms with van der Waals surface area (Å²) in [6.07, 6.45) is 4.61. The summed E-state index contributed by atoms with van der Waals surface area (Å²) in [5, 5.41) is 3.27. The van der Waals surface area contributed by atoms with Crippen LogP contribution in [0.5, 0.6) is 0 Å². The van der Waals surface area contributed by atoms with Crippen LogP contribution in [0, 0.1) is 11.8 Å². The fourth-order valence-corrected chi connectivity index (χ4v) is 2.64. The van der Waals surface area contributed by atoms with Gasteiger partial charge in [0.2, 0.25) is 5.91 Å². The molecule has 0 aromatic heterocycles. The molecular weight excluding hydrogens is 248 g/mol. The fourth-order valence-electron chi connectivity index (χ4n) is 2.26. The molecule has 0 aromatic rings. The van der Waals surface area contributed by atoms with E-state index in [1.165, 1.54) is 0 Å². The largest absolute Gasteiger partial charge is 0.381 e. The number of carbonyl (C=O) groups excluding carboxylic acids is 1. The molecule has 1 heterocycles. The first-order valence-corrected chi connectivity index (χ1v) is 7.11. The minimum atomic E-state index is -0.257. The number of carbonyl (C=O) groups is 1. The van der Waals surface area contributed by atoms with Crippen LogP contribution in [0.4, 0.5) is 0 Å². The van der Waals surface area contributed by atoms with Gasteiger partial charge in [-0.2, -0.15) is 0 Å². The minimum Gasteiger partial charge on any atom is -0.381 e. The first-order chi connectivity index (χ1) is 8.58. The van der Waals surface area contributed by atoms with Gasteiger partial charge in [0.25, 0.3) is 0 Å². The van der Waals surface area contributed by atoms with Crippen LogP contribution in [0.25, 0.3) is 0 Å². The lowest BCUT2D eigenvalue weighted by Crippen LogP contribution is -2.28. The van der Waals surface area contributed by atoms with E-state index in [0.717, 1.165) is 56.3 Å². The first-order valence-electron chi connectivity index (χ1n) is 6.70. The molecule has 104 valence electrons. The monoisotopic (exact) mass is 272 g/mol. The molecule has 0 aliphatic carbocycles. The maximum Gasteiger partial charge on any atom is 0.217 e. The SMILES string of the molecule is C[C@H](CC(N)=O)CC(=S)NCCC1CCOCC1. The first kappa shape index (κ1) is 15.4. The number of nitrogens with one attached hydrogen (secondary N) is 1. The highest BCUT2D eigenvalue weighted by atomic mass is 32.1. The molecule has 1 atom stereocenters. The summed E-state index contributed by atoms with van der Waals surface area (Å²) < 4.78 is 5.33. The summed E-state index contributed by atoms with van der Waals surface area (Å²) in [5.74, 6) is 0.732. The molecule has 1 aliphatic rings. The maximum atomic E-state index is 10.8. The van der Waals surface area contributed by atoms with Crippen LogP contribution in [0.2, 0.25) is 0 Å². The number of hydrogen-bond acceptors (Lipinski definition) is 3. The number of thiocarbonyl (C=S) groups is 1. The van der Waals surface area contributed by atoms with Crippen molar-refractivity contribution >= 4 is 23.1 Å². The quantitative estimate of drug-likeness (QED) is 0.691. The number of hydrogen-bond donors (Lipinski definition) is 2. The summed E-state index contributed by atoms with van der Waals surface area (Å²) in [6, 6.07) is 0. The Kier molecular flexibility index (Phi) is 7.20. The van der Waals surface area contributed by atoms with Crippen molar-refractivity contribution in [1.82, 2.24) is 5.32 Å². The molecule has 1 rings (SSSR count). The highest BCUT2D eigenvalue weighted by molar-refractivity contribution is 7.80. The van der Waals surface area contributed by atoms with E-state index in [9.17, 15) is 4.79 Å². The highest BCUT2D eigenvalue weighted by Crippen LogP contribution is 2.17. The molecule has 0 bridgehead atoms. The molecule has 4 nitrogen and oxygen atoms in total. The van der Waals surface area contributed by atoms with Crippen LogP contribution in [0.3, 0.4) is 0 Å². The summed E-state index contributed by atoms with van der Waals surface area (Å²) in [7, 11) is 0. The van der Waals surface area contributed by atoms with Gasteiger partial charge in [-0.15, -0.1) is 0 Å². The van der Waals surface area contributed by atoms with Gasteiger partial charge >= 0.3 is 0 Å². The lowest BCUT2D eigenvalue weighted by molar-refractivity contribution is -0.118. The second-order valence-electron chi connectivity index (χ2n) is 5.17. The van der Waals surface area contributed by atoms with Gasteiger partial charge in [-0.1, -0.05) is 19.1 Å². The molecule has 0 unspecified atom stereocenters. The van der Waals surface area contributed by atoms with E-state index in [4.69, 9.17) is 22.7 Å². The topological polar surface area (TPSA) is 64.4 Å². The van der Waals surface area contributed by atoms with Crippen molar-refractivity contribution in [1.29, 1.82) is 0 Å². The molecule has 1 amide bonds. The zero-order valence-electron chi connectivity index (χ0n) is 11.1. The van der Waals surface area contributed by atoms with Crippen LogP contribution in [-0.4, -0.2) is 30.7 Å². The Balaban J connectivity index is 2.07. The van der Waals surface area contributed by atoms with Crippen LogP contribution in [0.15, 0.2) is 0 Å². The second kappa shape index (κ2) is 8.43. The Labute approximate surface area is 115 Å². The van der Waals surface area contributed by atoms with Crippen molar-refractivity contribution in [3.63, 3.8) is 0 Å². The molecule has 1 fully saturated rings. The van der Waals surface area contributed by atoms with Crippen LogP contribution in [-0.2, 0) is 9.53 Å². The average molecular weight is 272 g/mol. The molecule has 0 radical (unpaired) electrons. The molecule has 0 aromatic carbocycles. The van der Waals surface area contributed by atoms with Gasteiger partial charge in [0.05, 0.1) is 4.99 Å². The Morgan fingerprint density at radius 3 is 2.72 bits per heavy atom.